The minimum atomic E-state index is -0.0370. The molecule has 0 bridgehead atoms. The number of pyridine rings is 1. The molecule has 1 aromatic carbocycles. The number of hydrogen-bond donors (Lipinski definition) is 2. The fourth-order valence-electron chi connectivity index (χ4n) is 3.30. The highest BCUT2D eigenvalue weighted by atomic mass is 32.1. The van der Waals surface area contributed by atoms with Gasteiger partial charge in [-0.05, 0) is 49.1 Å². The van der Waals surface area contributed by atoms with Gasteiger partial charge in [-0.1, -0.05) is 18.2 Å². The second kappa shape index (κ2) is 8.35. The Labute approximate surface area is 167 Å². The SMILES string of the molecule is Cc1nc(CCc2ccncc2)sc1C(=O)NCCc1c[nH]c2ccccc12. The molecule has 0 spiro atoms. The summed E-state index contributed by atoms with van der Waals surface area (Å²) < 4.78 is 0. The smallest absolute Gasteiger partial charge is 0.263 e. The van der Waals surface area contributed by atoms with Crippen LogP contribution in [-0.2, 0) is 19.3 Å². The van der Waals surface area contributed by atoms with Crippen molar-refractivity contribution >= 4 is 28.1 Å². The predicted octanol–water partition coefficient (Wildman–Crippen LogP) is 4.09. The molecule has 4 rings (SSSR count). The molecule has 3 aromatic heterocycles. The van der Waals surface area contributed by atoms with Crippen molar-refractivity contribution < 1.29 is 4.79 Å². The maximum absolute atomic E-state index is 12.6. The Kier molecular flexibility index (Phi) is 5.48. The summed E-state index contributed by atoms with van der Waals surface area (Å²) in [6.45, 7) is 2.51. The van der Waals surface area contributed by atoms with Gasteiger partial charge in [0.2, 0.25) is 0 Å². The third kappa shape index (κ3) is 4.12. The van der Waals surface area contributed by atoms with Crippen molar-refractivity contribution in [3.05, 3.63) is 81.7 Å². The fourth-order valence-corrected chi connectivity index (χ4v) is 4.28. The number of nitrogens with one attached hydrogen (secondary N) is 2. The van der Waals surface area contributed by atoms with Crippen LogP contribution in [0.4, 0.5) is 0 Å². The van der Waals surface area contributed by atoms with Crippen LogP contribution in [0, 0.1) is 6.92 Å². The standard InChI is InChI=1S/C22H22N4OS/c1-15-21(28-20(26-15)7-6-16-8-11-23-12-9-16)22(27)24-13-10-17-14-25-19-5-3-2-4-18(17)19/h2-5,8-9,11-12,14,25H,6-7,10,13H2,1H3,(H,24,27). The highest BCUT2D eigenvalue weighted by Gasteiger charge is 2.15. The maximum atomic E-state index is 12.6. The van der Waals surface area contributed by atoms with Crippen LogP contribution in [0.1, 0.15) is 31.5 Å². The molecule has 0 aliphatic heterocycles. The lowest BCUT2D eigenvalue weighted by atomic mass is 10.1. The molecule has 28 heavy (non-hydrogen) atoms. The molecule has 0 saturated heterocycles. The van der Waals surface area contributed by atoms with Crippen LogP contribution in [0.25, 0.3) is 10.9 Å². The van der Waals surface area contributed by atoms with E-state index in [9.17, 15) is 4.79 Å². The fraction of sp³-hybridized carbons (Fsp3) is 0.227. The number of carbonyl (C=O) groups excluding carboxylic acids is 1. The van der Waals surface area contributed by atoms with Crippen LogP contribution >= 0.6 is 11.3 Å². The van der Waals surface area contributed by atoms with E-state index in [4.69, 9.17) is 0 Å². The van der Waals surface area contributed by atoms with Crippen LogP contribution in [0.3, 0.4) is 0 Å². The lowest BCUT2D eigenvalue weighted by Gasteiger charge is -2.03. The summed E-state index contributed by atoms with van der Waals surface area (Å²) >= 11 is 1.49. The van der Waals surface area contributed by atoms with Gasteiger partial charge in [0.1, 0.15) is 4.88 Å². The second-order valence-electron chi connectivity index (χ2n) is 6.74. The Bertz CT molecular complexity index is 1080. The van der Waals surface area contributed by atoms with Crippen LogP contribution in [0.5, 0.6) is 0 Å². The zero-order valence-corrected chi connectivity index (χ0v) is 16.6. The summed E-state index contributed by atoms with van der Waals surface area (Å²) in [5.74, 6) is -0.0370. The van der Waals surface area contributed by atoms with Crippen molar-refractivity contribution in [1.82, 2.24) is 20.3 Å². The lowest BCUT2D eigenvalue weighted by Crippen LogP contribution is -2.25. The van der Waals surface area contributed by atoms with Crippen LogP contribution in [0.2, 0.25) is 0 Å². The average Bonchev–Trinajstić information content (AvgIpc) is 3.31. The van der Waals surface area contributed by atoms with Crippen molar-refractivity contribution in [2.24, 2.45) is 0 Å². The lowest BCUT2D eigenvalue weighted by molar-refractivity contribution is 0.0957. The third-order valence-corrected chi connectivity index (χ3v) is 5.99. The number of aromatic amines is 1. The molecule has 1 amide bonds. The number of hydrogen-bond acceptors (Lipinski definition) is 4. The average molecular weight is 391 g/mol. The number of H-pyrrole nitrogens is 1. The normalized spacial score (nSPS) is 11.0. The van der Waals surface area contributed by atoms with Gasteiger partial charge in [0.15, 0.2) is 0 Å². The van der Waals surface area contributed by atoms with E-state index in [1.165, 1.54) is 27.8 Å². The first-order valence-electron chi connectivity index (χ1n) is 9.39. The number of nitrogens with zero attached hydrogens (tertiary/aromatic N) is 2. The second-order valence-corrected chi connectivity index (χ2v) is 7.83. The monoisotopic (exact) mass is 390 g/mol. The van der Waals surface area contributed by atoms with E-state index in [0.29, 0.717) is 11.4 Å². The highest BCUT2D eigenvalue weighted by Crippen LogP contribution is 2.20. The van der Waals surface area contributed by atoms with Crippen LogP contribution in [-0.4, -0.2) is 27.4 Å². The van der Waals surface area contributed by atoms with Gasteiger partial charge in [-0.25, -0.2) is 4.98 Å². The molecule has 6 heteroatoms. The van der Waals surface area contributed by atoms with Gasteiger partial charge in [0.25, 0.3) is 5.91 Å². The first kappa shape index (κ1) is 18.4. The van der Waals surface area contributed by atoms with Gasteiger partial charge >= 0.3 is 0 Å². The minimum Gasteiger partial charge on any atom is -0.361 e. The Balaban J connectivity index is 1.33. The maximum Gasteiger partial charge on any atom is 0.263 e. The Morgan fingerprint density at radius 2 is 1.93 bits per heavy atom. The Morgan fingerprint density at radius 1 is 1.11 bits per heavy atom. The molecule has 0 unspecified atom stereocenters. The number of aromatic nitrogens is 3. The molecular weight excluding hydrogens is 368 g/mol. The molecule has 5 nitrogen and oxygen atoms in total. The van der Waals surface area contributed by atoms with Gasteiger partial charge < -0.3 is 10.3 Å². The number of aryl methyl sites for hydroxylation is 3. The molecule has 0 saturated carbocycles. The van der Waals surface area contributed by atoms with Gasteiger partial charge in [0, 0.05) is 42.5 Å². The summed E-state index contributed by atoms with van der Waals surface area (Å²) in [4.78, 5) is 25.2. The molecule has 0 radical (unpaired) electrons. The first-order chi connectivity index (χ1) is 13.7. The van der Waals surface area contributed by atoms with E-state index in [1.807, 2.05) is 37.4 Å². The summed E-state index contributed by atoms with van der Waals surface area (Å²) in [7, 11) is 0. The molecule has 0 aliphatic carbocycles. The number of para-hydroxylation sites is 1. The Hall–Kier alpha value is -2.99. The van der Waals surface area contributed by atoms with Crippen molar-refractivity contribution in [3.63, 3.8) is 0 Å². The molecule has 142 valence electrons. The summed E-state index contributed by atoms with van der Waals surface area (Å²) in [6, 6.07) is 12.2. The van der Waals surface area contributed by atoms with E-state index >= 15 is 0 Å². The number of benzene rings is 1. The van der Waals surface area contributed by atoms with Crippen molar-refractivity contribution in [2.45, 2.75) is 26.2 Å². The van der Waals surface area contributed by atoms with Crippen molar-refractivity contribution in [3.8, 4) is 0 Å². The van der Waals surface area contributed by atoms with E-state index < -0.39 is 0 Å². The van der Waals surface area contributed by atoms with Gasteiger partial charge in [0.05, 0.1) is 10.7 Å². The quantitative estimate of drug-likeness (QED) is 0.499. The van der Waals surface area contributed by atoms with E-state index in [0.717, 1.165) is 35.5 Å². The number of thiazole rings is 1. The summed E-state index contributed by atoms with van der Waals surface area (Å²) in [5, 5.41) is 5.25. The first-order valence-corrected chi connectivity index (χ1v) is 10.2. The van der Waals surface area contributed by atoms with Crippen LogP contribution < -0.4 is 5.32 Å². The summed E-state index contributed by atoms with van der Waals surface area (Å²) in [5.41, 5.74) is 4.38. The molecule has 0 atom stereocenters. The summed E-state index contributed by atoms with van der Waals surface area (Å²) in [6.07, 6.45) is 8.15. The number of fused-ring (bicyclic) bond motifs is 1. The number of carbonyl (C=O) groups is 1. The zero-order valence-electron chi connectivity index (χ0n) is 15.7. The van der Waals surface area contributed by atoms with Crippen molar-refractivity contribution in [1.29, 1.82) is 0 Å². The zero-order chi connectivity index (χ0) is 19.3. The highest BCUT2D eigenvalue weighted by molar-refractivity contribution is 7.13. The van der Waals surface area contributed by atoms with Gasteiger partial charge in [-0.2, -0.15) is 0 Å². The van der Waals surface area contributed by atoms with E-state index in [1.54, 1.807) is 12.4 Å². The Morgan fingerprint density at radius 3 is 2.79 bits per heavy atom. The van der Waals surface area contributed by atoms with Crippen LogP contribution in [0.15, 0.2) is 55.0 Å². The number of rotatable bonds is 7. The molecular formula is C22H22N4OS. The number of amides is 1. The predicted molar refractivity (Wildman–Crippen MR) is 113 cm³/mol. The van der Waals surface area contributed by atoms with Gasteiger partial charge in [-0.3, -0.25) is 9.78 Å². The molecule has 4 aromatic rings. The minimum absolute atomic E-state index is 0.0370. The molecule has 2 N–H and O–H groups in total. The topological polar surface area (TPSA) is 70.7 Å². The van der Waals surface area contributed by atoms with Gasteiger partial charge in [-0.15, -0.1) is 11.3 Å². The molecule has 0 aliphatic rings. The van der Waals surface area contributed by atoms with E-state index in [2.05, 4.69) is 32.4 Å². The molecule has 3 heterocycles. The molecule has 0 fully saturated rings. The van der Waals surface area contributed by atoms with E-state index in [-0.39, 0.29) is 5.91 Å². The van der Waals surface area contributed by atoms with Crippen molar-refractivity contribution in [2.75, 3.05) is 6.54 Å². The largest absolute Gasteiger partial charge is 0.361 e. The third-order valence-electron chi connectivity index (χ3n) is 4.78.